The fraction of sp³-hybridized carbons (Fsp3) is 0.444. The molecule has 0 aromatic carbocycles. The van der Waals surface area contributed by atoms with Crippen LogP contribution in [0, 0.1) is 11.3 Å². The number of nitrogens with one attached hydrogen (secondary N) is 1. The summed E-state index contributed by atoms with van der Waals surface area (Å²) < 4.78 is 0. The molecular weight excluding hydrogens is 122 g/mol. The van der Waals surface area contributed by atoms with Gasteiger partial charge in [0, 0.05) is 11.6 Å². The van der Waals surface area contributed by atoms with E-state index < -0.39 is 0 Å². The molecule has 1 rings (SSSR count). The Hall–Kier alpha value is -0.850. The van der Waals surface area contributed by atoms with Crippen LogP contribution < -0.4 is 0 Å². The van der Waals surface area contributed by atoms with Crippen molar-refractivity contribution in [2.24, 2.45) is 5.92 Å². The third-order valence-corrected chi connectivity index (χ3v) is 2.25. The van der Waals surface area contributed by atoms with Gasteiger partial charge in [0.15, 0.2) is 0 Å². The number of rotatable bonds is 0. The van der Waals surface area contributed by atoms with Gasteiger partial charge in [-0.15, -0.1) is 0 Å². The van der Waals surface area contributed by atoms with Crippen LogP contribution in [0.5, 0.6) is 0 Å². The smallest absolute Gasteiger partial charge is 0.0382 e. The van der Waals surface area contributed by atoms with Gasteiger partial charge < -0.3 is 5.41 Å². The molecule has 0 heterocycles. The van der Waals surface area contributed by atoms with E-state index in [4.69, 9.17) is 5.41 Å². The number of hydrogen-bond donors (Lipinski definition) is 1. The largest absolute Gasteiger partial charge is 0.305 e. The maximum Gasteiger partial charge on any atom is 0.0382 e. The molecule has 1 heteroatoms. The van der Waals surface area contributed by atoms with Gasteiger partial charge in [-0.2, -0.15) is 0 Å². The van der Waals surface area contributed by atoms with Crippen molar-refractivity contribution < 1.29 is 0 Å². The molecule has 0 aromatic rings. The predicted octanol–water partition coefficient (Wildman–Crippen LogP) is 2.55. The van der Waals surface area contributed by atoms with E-state index in [-0.39, 0.29) is 0 Å². The Balaban J connectivity index is 2.99. The maximum absolute atomic E-state index is 7.49. The second kappa shape index (κ2) is 2.41. The van der Waals surface area contributed by atoms with E-state index in [2.05, 4.69) is 20.8 Å². The van der Waals surface area contributed by atoms with E-state index in [1.54, 1.807) is 0 Å². The van der Waals surface area contributed by atoms with Crippen molar-refractivity contribution in [1.82, 2.24) is 0 Å². The topological polar surface area (TPSA) is 23.9 Å². The fourth-order valence-corrected chi connectivity index (χ4v) is 1.07. The molecule has 0 aromatic heterocycles. The summed E-state index contributed by atoms with van der Waals surface area (Å²) in [7, 11) is 0. The Morgan fingerprint density at radius 3 is 2.40 bits per heavy atom. The summed E-state index contributed by atoms with van der Waals surface area (Å²) >= 11 is 0. The van der Waals surface area contributed by atoms with Crippen LogP contribution in [-0.2, 0) is 0 Å². The normalized spacial score (nSPS) is 25.9. The molecule has 0 amide bonds. The van der Waals surface area contributed by atoms with Crippen molar-refractivity contribution in [3.63, 3.8) is 0 Å². The molecule has 1 aliphatic rings. The van der Waals surface area contributed by atoms with Crippen molar-refractivity contribution in [3.05, 3.63) is 23.3 Å². The zero-order chi connectivity index (χ0) is 7.72. The highest BCUT2D eigenvalue weighted by Gasteiger charge is 2.13. The molecule has 1 N–H and O–H groups in total. The molecule has 10 heavy (non-hydrogen) atoms. The van der Waals surface area contributed by atoms with Crippen molar-refractivity contribution in [3.8, 4) is 0 Å². The first-order chi connectivity index (χ1) is 4.63. The molecule has 0 bridgehead atoms. The van der Waals surface area contributed by atoms with E-state index in [1.807, 2.05) is 12.2 Å². The van der Waals surface area contributed by atoms with Gasteiger partial charge in [-0.05, 0) is 19.9 Å². The van der Waals surface area contributed by atoms with Gasteiger partial charge in [0.25, 0.3) is 0 Å². The van der Waals surface area contributed by atoms with Crippen LogP contribution in [-0.4, -0.2) is 5.71 Å². The lowest BCUT2D eigenvalue weighted by Gasteiger charge is -2.17. The van der Waals surface area contributed by atoms with Gasteiger partial charge in [-0.3, -0.25) is 0 Å². The summed E-state index contributed by atoms with van der Waals surface area (Å²) in [5, 5.41) is 7.49. The van der Waals surface area contributed by atoms with E-state index in [9.17, 15) is 0 Å². The van der Waals surface area contributed by atoms with E-state index in [1.165, 1.54) is 11.1 Å². The molecule has 0 spiro atoms. The lowest BCUT2D eigenvalue weighted by molar-refractivity contribution is 0.887. The number of hydrogen-bond acceptors (Lipinski definition) is 1. The molecule has 54 valence electrons. The predicted molar refractivity (Wildman–Crippen MR) is 44.4 cm³/mol. The summed E-state index contributed by atoms with van der Waals surface area (Å²) in [6.45, 7) is 6.26. The Morgan fingerprint density at radius 1 is 1.30 bits per heavy atom. The highest BCUT2D eigenvalue weighted by atomic mass is 14.4. The molecule has 0 saturated heterocycles. The van der Waals surface area contributed by atoms with Crippen molar-refractivity contribution in [2.45, 2.75) is 20.8 Å². The molecule has 0 saturated carbocycles. The van der Waals surface area contributed by atoms with Gasteiger partial charge in [0.1, 0.15) is 0 Å². The van der Waals surface area contributed by atoms with Crippen LogP contribution in [0.4, 0.5) is 0 Å². The zero-order valence-corrected chi connectivity index (χ0v) is 6.73. The first kappa shape index (κ1) is 7.26. The fourth-order valence-electron chi connectivity index (χ4n) is 1.07. The third kappa shape index (κ3) is 1.04. The zero-order valence-electron chi connectivity index (χ0n) is 6.73. The summed E-state index contributed by atoms with van der Waals surface area (Å²) in [6.07, 6.45) is 3.89. The SMILES string of the molecule is CC1=C(C)C(C)C(=N)C=C1. The summed E-state index contributed by atoms with van der Waals surface area (Å²) in [6, 6.07) is 0. The Kier molecular flexibility index (Phi) is 1.75. The monoisotopic (exact) mass is 135 g/mol. The maximum atomic E-state index is 7.49. The molecule has 0 fully saturated rings. The van der Waals surface area contributed by atoms with Crippen molar-refractivity contribution >= 4 is 5.71 Å². The summed E-state index contributed by atoms with van der Waals surface area (Å²) in [4.78, 5) is 0. The van der Waals surface area contributed by atoms with Gasteiger partial charge in [0.05, 0.1) is 0 Å². The van der Waals surface area contributed by atoms with Crippen molar-refractivity contribution in [2.75, 3.05) is 0 Å². The first-order valence-corrected chi connectivity index (χ1v) is 3.57. The molecule has 0 aliphatic heterocycles. The van der Waals surface area contributed by atoms with Crippen LogP contribution in [0.2, 0.25) is 0 Å². The van der Waals surface area contributed by atoms with Gasteiger partial charge >= 0.3 is 0 Å². The highest BCUT2D eigenvalue weighted by molar-refractivity contribution is 5.97. The molecule has 1 aliphatic carbocycles. The average Bonchev–Trinajstić information content (AvgIpc) is 1.93. The van der Waals surface area contributed by atoms with E-state index >= 15 is 0 Å². The summed E-state index contributed by atoms with van der Waals surface area (Å²) in [5.74, 6) is 0.324. The Labute approximate surface area is 62.0 Å². The minimum absolute atomic E-state index is 0.324. The highest BCUT2D eigenvalue weighted by Crippen LogP contribution is 2.21. The lowest BCUT2D eigenvalue weighted by Crippen LogP contribution is -2.12. The molecule has 1 atom stereocenters. The molecule has 0 radical (unpaired) electrons. The lowest BCUT2D eigenvalue weighted by atomic mass is 9.89. The molecular formula is C9H13N. The standard InChI is InChI=1S/C9H13N/c1-6-4-5-9(10)8(3)7(6)2/h4-5,8,10H,1-3H3. The number of allylic oxidation sites excluding steroid dienone is 4. The second-order valence-electron chi connectivity index (χ2n) is 2.88. The second-order valence-corrected chi connectivity index (χ2v) is 2.88. The Morgan fingerprint density at radius 2 is 1.90 bits per heavy atom. The van der Waals surface area contributed by atoms with Crippen molar-refractivity contribution in [1.29, 1.82) is 5.41 Å². The van der Waals surface area contributed by atoms with Crippen LogP contribution >= 0.6 is 0 Å². The minimum Gasteiger partial charge on any atom is -0.305 e. The Bertz CT molecular complexity index is 221. The van der Waals surface area contributed by atoms with Crippen LogP contribution in [0.3, 0.4) is 0 Å². The van der Waals surface area contributed by atoms with Crippen LogP contribution in [0.25, 0.3) is 0 Å². The molecule has 1 nitrogen and oxygen atoms in total. The average molecular weight is 135 g/mol. The van der Waals surface area contributed by atoms with Gasteiger partial charge in [0.2, 0.25) is 0 Å². The first-order valence-electron chi connectivity index (χ1n) is 3.57. The van der Waals surface area contributed by atoms with Gasteiger partial charge in [-0.25, -0.2) is 0 Å². The van der Waals surface area contributed by atoms with Gasteiger partial charge in [-0.1, -0.05) is 24.1 Å². The van der Waals surface area contributed by atoms with Crippen LogP contribution in [0.1, 0.15) is 20.8 Å². The van der Waals surface area contributed by atoms with Crippen LogP contribution in [0.15, 0.2) is 23.3 Å². The summed E-state index contributed by atoms with van der Waals surface area (Å²) in [5.41, 5.74) is 3.36. The minimum atomic E-state index is 0.324. The quantitative estimate of drug-likeness (QED) is 0.528. The van der Waals surface area contributed by atoms with E-state index in [0.717, 1.165) is 5.71 Å². The third-order valence-electron chi connectivity index (χ3n) is 2.25. The molecule has 1 unspecified atom stereocenters. The van der Waals surface area contributed by atoms with E-state index in [0.29, 0.717) is 5.92 Å².